The van der Waals surface area contributed by atoms with Crippen molar-refractivity contribution in [1.29, 1.82) is 0 Å². The summed E-state index contributed by atoms with van der Waals surface area (Å²) in [5, 5.41) is 0. The number of ether oxygens (including phenoxy) is 1. The second kappa shape index (κ2) is 6.87. The zero-order valence-corrected chi connectivity index (χ0v) is 15.5. The molecule has 2 bridgehead atoms. The van der Waals surface area contributed by atoms with Crippen molar-refractivity contribution in [1.82, 2.24) is 4.90 Å². The molecule has 2 fully saturated rings. The number of esters is 1. The van der Waals surface area contributed by atoms with E-state index in [-0.39, 0.29) is 6.10 Å². The van der Waals surface area contributed by atoms with Crippen molar-refractivity contribution in [3.05, 3.63) is 35.4 Å². The molecule has 3 nitrogen and oxygen atoms in total. The predicted molar refractivity (Wildman–Crippen MR) is 92.9 cm³/mol. The lowest BCUT2D eigenvalue weighted by atomic mass is 9.78. The van der Waals surface area contributed by atoms with Crippen molar-refractivity contribution in [2.45, 2.75) is 75.7 Å². The van der Waals surface area contributed by atoms with E-state index in [0.717, 1.165) is 18.4 Å². The number of hydrogen-bond donors (Lipinski definition) is 0. The van der Waals surface area contributed by atoms with Crippen LogP contribution in [0.3, 0.4) is 0 Å². The van der Waals surface area contributed by atoms with Gasteiger partial charge in [0.25, 0.3) is 0 Å². The highest BCUT2D eigenvalue weighted by Crippen LogP contribution is 2.40. The first kappa shape index (κ1) is 19.2. The molecule has 0 spiro atoms. The molecule has 2 heterocycles. The average Bonchev–Trinajstić information content (AvgIpc) is 2.75. The summed E-state index contributed by atoms with van der Waals surface area (Å²) < 4.78 is 45.4. The second-order valence-electron chi connectivity index (χ2n) is 8.04. The third-order valence-corrected chi connectivity index (χ3v) is 5.99. The third kappa shape index (κ3) is 3.90. The summed E-state index contributed by atoms with van der Waals surface area (Å²) in [4.78, 5) is 15.2. The van der Waals surface area contributed by atoms with Gasteiger partial charge < -0.3 is 9.64 Å². The van der Waals surface area contributed by atoms with Crippen molar-refractivity contribution >= 4 is 5.97 Å². The fraction of sp³-hybridized carbons (Fsp3) is 0.650. The van der Waals surface area contributed by atoms with E-state index in [1.807, 2.05) is 0 Å². The van der Waals surface area contributed by atoms with Crippen molar-refractivity contribution < 1.29 is 22.7 Å². The first-order valence-corrected chi connectivity index (χ1v) is 9.15. The highest BCUT2D eigenvalue weighted by atomic mass is 19.4. The van der Waals surface area contributed by atoms with Gasteiger partial charge in [-0.05, 0) is 52.1 Å². The van der Waals surface area contributed by atoms with Crippen LogP contribution in [0.4, 0.5) is 13.2 Å². The minimum Gasteiger partial charge on any atom is -0.462 e. The normalized spacial score (nSPS) is 28.6. The smallest absolute Gasteiger partial charge is 0.390 e. The van der Waals surface area contributed by atoms with Gasteiger partial charge in [0.1, 0.15) is 6.10 Å². The largest absolute Gasteiger partial charge is 0.462 e. The van der Waals surface area contributed by atoms with E-state index in [9.17, 15) is 18.0 Å². The Hall–Kier alpha value is -1.56. The molecule has 144 valence electrons. The number of carbonyl (C=O) groups excluding carboxylic acids is 1. The molecule has 3 atom stereocenters. The van der Waals surface area contributed by atoms with Crippen LogP contribution >= 0.6 is 0 Å². The van der Waals surface area contributed by atoms with Crippen LogP contribution in [0.1, 0.15) is 50.2 Å². The minimum atomic E-state index is -4.46. The van der Waals surface area contributed by atoms with Gasteiger partial charge in [-0.1, -0.05) is 29.8 Å². The van der Waals surface area contributed by atoms with Crippen molar-refractivity contribution in [2.75, 3.05) is 7.05 Å². The van der Waals surface area contributed by atoms with E-state index in [2.05, 4.69) is 11.9 Å². The summed E-state index contributed by atoms with van der Waals surface area (Å²) in [5.41, 5.74) is -0.552. The fourth-order valence-corrected chi connectivity index (χ4v) is 4.42. The number of piperidine rings is 1. The lowest BCUT2D eigenvalue weighted by molar-refractivity contribution is -0.176. The van der Waals surface area contributed by atoms with E-state index in [0.29, 0.717) is 30.5 Å². The van der Waals surface area contributed by atoms with Crippen LogP contribution in [0, 0.1) is 6.92 Å². The molecule has 26 heavy (non-hydrogen) atoms. The van der Waals surface area contributed by atoms with E-state index in [1.54, 1.807) is 31.2 Å². The topological polar surface area (TPSA) is 29.5 Å². The summed E-state index contributed by atoms with van der Waals surface area (Å²) in [7, 11) is 2.07. The van der Waals surface area contributed by atoms with Gasteiger partial charge in [0.2, 0.25) is 0 Å². The summed E-state index contributed by atoms with van der Waals surface area (Å²) in [5.74, 6) is -0.769. The molecule has 0 aliphatic carbocycles. The standard InChI is InChI=1S/C20H26F3NO2/c1-13-5-4-6-14(9-13)19(2,12-20(21,22)23)18(25)26-17-10-15-7-8-16(11-17)24(15)3/h4-6,9,15-17H,7-8,10-12H2,1-3H3/t15?,16?,17?,19-/m0/s1. The van der Waals surface area contributed by atoms with Gasteiger partial charge in [0.05, 0.1) is 11.8 Å². The number of alkyl halides is 3. The molecular weight excluding hydrogens is 343 g/mol. The maximum absolute atomic E-state index is 13.2. The molecule has 0 aromatic heterocycles. The van der Waals surface area contributed by atoms with Crippen LogP contribution < -0.4 is 0 Å². The highest BCUT2D eigenvalue weighted by molar-refractivity contribution is 5.83. The lowest BCUT2D eigenvalue weighted by Crippen LogP contribution is -2.46. The van der Waals surface area contributed by atoms with E-state index in [4.69, 9.17) is 4.74 Å². The number of halogens is 3. The summed E-state index contributed by atoms with van der Waals surface area (Å²) >= 11 is 0. The molecule has 2 aliphatic rings. The number of nitrogens with zero attached hydrogens (tertiary/aromatic N) is 1. The molecule has 3 rings (SSSR count). The van der Waals surface area contributed by atoms with Gasteiger partial charge in [-0.25, -0.2) is 0 Å². The number of carbonyl (C=O) groups is 1. The number of aryl methyl sites for hydroxylation is 1. The number of rotatable bonds is 4. The number of fused-ring (bicyclic) bond motifs is 2. The fourth-order valence-electron chi connectivity index (χ4n) is 4.42. The van der Waals surface area contributed by atoms with E-state index < -0.39 is 24.0 Å². The summed E-state index contributed by atoms with van der Waals surface area (Å²) in [6.45, 7) is 3.15. The van der Waals surface area contributed by atoms with Crippen LogP contribution in [-0.2, 0) is 14.9 Å². The molecule has 1 aromatic carbocycles. The van der Waals surface area contributed by atoms with E-state index in [1.165, 1.54) is 6.92 Å². The van der Waals surface area contributed by atoms with Crippen molar-refractivity contribution in [2.24, 2.45) is 0 Å². The molecule has 2 aliphatic heterocycles. The van der Waals surface area contributed by atoms with Gasteiger partial charge in [-0.2, -0.15) is 13.2 Å². The van der Waals surface area contributed by atoms with Crippen molar-refractivity contribution in [3.63, 3.8) is 0 Å². The lowest BCUT2D eigenvalue weighted by Gasteiger charge is -2.38. The molecule has 2 unspecified atom stereocenters. The average molecular weight is 369 g/mol. The first-order chi connectivity index (χ1) is 12.1. The Kier molecular flexibility index (Phi) is 5.08. The Morgan fingerprint density at radius 2 is 1.85 bits per heavy atom. The van der Waals surface area contributed by atoms with Gasteiger partial charge in [0.15, 0.2) is 0 Å². The molecule has 1 aromatic rings. The van der Waals surface area contributed by atoms with Crippen LogP contribution in [0.5, 0.6) is 0 Å². The molecule has 0 amide bonds. The molecule has 0 radical (unpaired) electrons. The Bertz CT molecular complexity index is 661. The third-order valence-electron chi connectivity index (χ3n) is 5.99. The molecule has 0 N–H and O–H groups in total. The Morgan fingerprint density at radius 3 is 2.38 bits per heavy atom. The molecule has 2 saturated heterocycles. The SMILES string of the molecule is Cc1cccc([C@](C)(CC(F)(F)F)C(=O)OC2CC3CCC(C2)N3C)c1. The van der Waals surface area contributed by atoms with Gasteiger partial charge in [0, 0.05) is 12.1 Å². The minimum absolute atomic E-state index is 0.298. The summed E-state index contributed by atoms with van der Waals surface area (Å²) in [6.07, 6.45) is -2.44. The predicted octanol–water partition coefficient (Wildman–Crippen LogP) is 4.37. The van der Waals surface area contributed by atoms with Crippen LogP contribution in [0.2, 0.25) is 0 Å². The van der Waals surface area contributed by atoms with Crippen LogP contribution in [-0.4, -0.2) is 42.3 Å². The number of hydrogen-bond acceptors (Lipinski definition) is 3. The quantitative estimate of drug-likeness (QED) is 0.738. The Labute approximate surface area is 152 Å². The first-order valence-electron chi connectivity index (χ1n) is 9.15. The monoisotopic (exact) mass is 369 g/mol. The van der Waals surface area contributed by atoms with Gasteiger partial charge >= 0.3 is 12.1 Å². The zero-order valence-electron chi connectivity index (χ0n) is 15.5. The van der Waals surface area contributed by atoms with E-state index >= 15 is 0 Å². The van der Waals surface area contributed by atoms with Crippen LogP contribution in [0.15, 0.2) is 24.3 Å². The zero-order chi connectivity index (χ0) is 19.1. The maximum Gasteiger partial charge on any atom is 0.390 e. The Balaban J connectivity index is 1.81. The van der Waals surface area contributed by atoms with Gasteiger partial charge in [-0.15, -0.1) is 0 Å². The molecular formula is C20H26F3NO2. The van der Waals surface area contributed by atoms with Crippen molar-refractivity contribution in [3.8, 4) is 0 Å². The van der Waals surface area contributed by atoms with Crippen LogP contribution in [0.25, 0.3) is 0 Å². The summed E-state index contributed by atoms with van der Waals surface area (Å²) in [6, 6.07) is 7.43. The molecule has 0 saturated carbocycles. The maximum atomic E-state index is 13.2. The molecule has 6 heteroatoms. The Morgan fingerprint density at radius 1 is 1.23 bits per heavy atom. The van der Waals surface area contributed by atoms with Gasteiger partial charge in [-0.3, -0.25) is 4.79 Å². The second-order valence-corrected chi connectivity index (χ2v) is 8.04. The highest BCUT2D eigenvalue weighted by Gasteiger charge is 2.48. The number of benzene rings is 1.